The summed E-state index contributed by atoms with van der Waals surface area (Å²) in [5.74, 6) is -1.02. The molecule has 2 saturated heterocycles. The van der Waals surface area contributed by atoms with Gasteiger partial charge in [0.2, 0.25) is 0 Å². The normalized spacial score (nSPS) is 37.4. The van der Waals surface area contributed by atoms with Gasteiger partial charge < -0.3 is 19.3 Å². The zero-order valence-electron chi connectivity index (χ0n) is 19.6. The lowest BCUT2D eigenvalue weighted by Gasteiger charge is -2.52. The van der Waals surface area contributed by atoms with Crippen LogP contribution in [0.3, 0.4) is 0 Å². The summed E-state index contributed by atoms with van der Waals surface area (Å²) in [6, 6.07) is 5.86. The Morgan fingerprint density at radius 3 is 2.58 bits per heavy atom. The van der Waals surface area contributed by atoms with Gasteiger partial charge in [-0.3, -0.25) is 0 Å². The van der Waals surface area contributed by atoms with Crippen LogP contribution in [0.2, 0.25) is 0 Å². The van der Waals surface area contributed by atoms with E-state index in [1.807, 2.05) is 20.8 Å². The van der Waals surface area contributed by atoms with Crippen molar-refractivity contribution in [2.24, 2.45) is 23.7 Å². The Hall–Kier alpha value is -2.25. The molecule has 33 heavy (non-hydrogen) atoms. The van der Waals surface area contributed by atoms with E-state index in [0.29, 0.717) is 17.9 Å². The number of ether oxygens (including phenoxy) is 3. The first kappa shape index (κ1) is 23.9. The van der Waals surface area contributed by atoms with Crippen LogP contribution in [-0.4, -0.2) is 47.1 Å². The Morgan fingerprint density at radius 2 is 1.94 bits per heavy atom. The van der Waals surface area contributed by atoms with E-state index in [-0.39, 0.29) is 23.6 Å². The number of aliphatic hydroxyl groups excluding tert-OH is 1. The molecule has 1 N–H and O–H groups in total. The van der Waals surface area contributed by atoms with Gasteiger partial charge in [0.15, 0.2) is 0 Å². The fourth-order valence-electron chi connectivity index (χ4n) is 6.34. The summed E-state index contributed by atoms with van der Waals surface area (Å²) >= 11 is 0. The molecule has 1 aromatic carbocycles. The van der Waals surface area contributed by atoms with Crippen LogP contribution in [-0.2, 0) is 23.8 Å². The van der Waals surface area contributed by atoms with Gasteiger partial charge in [-0.1, -0.05) is 32.9 Å². The van der Waals surface area contributed by atoms with Crippen LogP contribution >= 0.6 is 0 Å². The van der Waals surface area contributed by atoms with Gasteiger partial charge in [0.05, 0.1) is 0 Å². The predicted octanol–water partition coefficient (Wildman–Crippen LogP) is 3.90. The van der Waals surface area contributed by atoms with E-state index in [2.05, 4.69) is 6.92 Å². The molecule has 1 aliphatic carbocycles. The number of fused-ring (bicyclic) bond motifs is 4. The van der Waals surface area contributed by atoms with Crippen LogP contribution in [0, 0.1) is 29.5 Å². The highest BCUT2D eigenvalue weighted by atomic mass is 19.1. The van der Waals surface area contributed by atoms with E-state index in [1.165, 1.54) is 18.2 Å². The maximum Gasteiger partial charge on any atom is 0.332 e. The largest absolute Gasteiger partial charge is 0.457 e. The van der Waals surface area contributed by atoms with Gasteiger partial charge in [-0.2, -0.15) is 0 Å². The monoisotopic (exact) mass is 460 g/mol. The fraction of sp³-hybridized carbons (Fsp3) is 0.615. The quantitative estimate of drug-likeness (QED) is 0.512. The molecule has 0 radical (unpaired) electrons. The van der Waals surface area contributed by atoms with Gasteiger partial charge in [0, 0.05) is 18.4 Å². The zero-order valence-corrected chi connectivity index (χ0v) is 19.6. The van der Waals surface area contributed by atoms with Crippen molar-refractivity contribution in [2.45, 2.75) is 70.4 Å². The molecule has 7 heteroatoms. The fourth-order valence-corrected chi connectivity index (χ4v) is 6.34. The number of halogens is 1. The zero-order chi connectivity index (χ0) is 24.0. The molecule has 2 bridgehead atoms. The molecule has 6 unspecified atom stereocenters. The molecule has 1 aromatic rings. The van der Waals surface area contributed by atoms with E-state index >= 15 is 0 Å². The molecule has 3 fully saturated rings. The lowest BCUT2D eigenvalue weighted by molar-refractivity contribution is -0.264. The molecule has 7 atom stereocenters. The van der Waals surface area contributed by atoms with Crippen molar-refractivity contribution in [3.63, 3.8) is 0 Å². The molecule has 2 heterocycles. The first-order chi connectivity index (χ1) is 15.6. The van der Waals surface area contributed by atoms with Crippen LogP contribution in [0.5, 0.6) is 0 Å². The third kappa shape index (κ3) is 4.10. The average molecular weight is 461 g/mol. The number of carbonyl (C=O) groups excluding carboxylic acids is 2. The van der Waals surface area contributed by atoms with Gasteiger partial charge in [0.1, 0.15) is 35.8 Å². The van der Waals surface area contributed by atoms with Crippen molar-refractivity contribution in [3.05, 3.63) is 41.7 Å². The summed E-state index contributed by atoms with van der Waals surface area (Å²) in [4.78, 5) is 24.9. The maximum absolute atomic E-state index is 13.1. The molecule has 0 aromatic heterocycles. The molecular weight excluding hydrogens is 427 g/mol. The molecular formula is C26H33FO6. The van der Waals surface area contributed by atoms with Gasteiger partial charge >= 0.3 is 11.9 Å². The average Bonchev–Trinajstić information content (AvgIpc) is 3.29. The lowest BCUT2D eigenvalue weighted by Crippen LogP contribution is -2.62. The maximum atomic E-state index is 13.1. The van der Waals surface area contributed by atoms with Crippen molar-refractivity contribution in [1.29, 1.82) is 0 Å². The summed E-state index contributed by atoms with van der Waals surface area (Å²) in [6.45, 7) is 7.56. The smallest absolute Gasteiger partial charge is 0.332 e. The van der Waals surface area contributed by atoms with E-state index in [1.54, 1.807) is 18.2 Å². The van der Waals surface area contributed by atoms with E-state index < -0.39 is 42.0 Å². The molecule has 0 amide bonds. The van der Waals surface area contributed by atoms with Crippen molar-refractivity contribution in [3.8, 4) is 0 Å². The number of benzene rings is 1. The van der Waals surface area contributed by atoms with Crippen molar-refractivity contribution >= 4 is 18.0 Å². The van der Waals surface area contributed by atoms with Crippen molar-refractivity contribution in [2.75, 3.05) is 6.61 Å². The first-order valence-corrected chi connectivity index (χ1v) is 11.8. The minimum atomic E-state index is -0.797. The molecule has 4 rings (SSSR count). The van der Waals surface area contributed by atoms with Crippen LogP contribution in [0.15, 0.2) is 30.3 Å². The minimum absolute atomic E-state index is 0.00211. The third-order valence-corrected chi connectivity index (χ3v) is 8.08. The Bertz CT molecular complexity index is 927. The minimum Gasteiger partial charge on any atom is -0.457 e. The second kappa shape index (κ2) is 8.84. The van der Waals surface area contributed by atoms with E-state index in [9.17, 15) is 19.1 Å². The van der Waals surface area contributed by atoms with Gasteiger partial charge in [0.25, 0.3) is 0 Å². The van der Waals surface area contributed by atoms with Crippen LogP contribution in [0.25, 0.3) is 6.08 Å². The lowest BCUT2D eigenvalue weighted by atomic mass is 9.69. The van der Waals surface area contributed by atoms with Gasteiger partial charge in [-0.25, -0.2) is 14.0 Å². The number of rotatable bonds is 6. The highest BCUT2D eigenvalue weighted by Gasteiger charge is 2.72. The standard InChI is InChI=1S/C26H33FO6/c1-15(2)26-13-20(31-22(30)14-28)25(4,33-26)19-11-5-16(3)23(19)24(26)32-21(29)12-8-17-6-9-18(27)10-7-17/h6-10,12,15-16,19-20,23-24,28H,5,11,13-14H2,1-4H3/b12-8+/t16?,19?,20?,23-,24?,25?,26?/m1/s1. The van der Waals surface area contributed by atoms with Gasteiger partial charge in [-0.15, -0.1) is 0 Å². The summed E-state index contributed by atoms with van der Waals surface area (Å²) in [5, 5.41) is 9.25. The SMILES string of the molecule is CC1CCC2[C@@H]1C(OC(=O)/C=C/c1ccc(F)cc1)C1(C(C)C)CC(OC(=O)CO)C2(C)O1. The van der Waals surface area contributed by atoms with Crippen LogP contribution in [0.1, 0.15) is 52.5 Å². The van der Waals surface area contributed by atoms with Crippen LogP contribution in [0.4, 0.5) is 4.39 Å². The summed E-state index contributed by atoms with van der Waals surface area (Å²) in [6.07, 6.45) is 4.24. The van der Waals surface area contributed by atoms with E-state index in [4.69, 9.17) is 14.2 Å². The first-order valence-electron chi connectivity index (χ1n) is 11.8. The van der Waals surface area contributed by atoms with Crippen LogP contribution < -0.4 is 0 Å². The molecule has 1 saturated carbocycles. The molecule has 2 aliphatic heterocycles. The number of hydrogen-bond donors (Lipinski definition) is 1. The number of hydrogen-bond acceptors (Lipinski definition) is 6. The van der Waals surface area contributed by atoms with Gasteiger partial charge in [-0.05, 0) is 61.3 Å². The number of esters is 2. The topological polar surface area (TPSA) is 82.1 Å². The number of carbonyl (C=O) groups is 2. The molecule has 0 spiro atoms. The predicted molar refractivity (Wildman–Crippen MR) is 119 cm³/mol. The Morgan fingerprint density at radius 1 is 1.24 bits per heavy atom. The Labute approximate surface area is 194 Å². The molecule has 6 nitrogen and oxygen atoms in total. The summed E-state index contributed by atoms with van der Waals surface area (Å²) in [7, 11) is 0. The molecule has 3 aliphatic rings. The highest BCUT2D eigenvalue weighted by Crippen LogP contribution is 2.63. The van der Waals surface area contributed by atoms with Crippen molar-refractivity contribution in [1.82, 2.24) is 0 Å². The third-order valence-electron chi connectivity index (χ3n) is 8.08. The number of aliphatic hydroxyl groups is 1. The van der Waals surface area contributed by atoms with E-state index in [0.717, 1.165) is 12.8 Å². The molecule has 180 valence electrons. The Kier molecular flexibility index (Phi) is 6.40. The highest BCUT2D eigenvalue weighted by molar-refractivity contribution is 5.87. The summed E-state index contributed by atoms with van der Waals surface area (Å²) in [5.41, 5.74) is -0.797. The summed E-state index contributed by atoms with van der Waals surface area (Å²) < 4.78 is 31.7. The second-order valence-electron chi connectivity index (χ2n) is 10.2. The Balaban J connectivity index is 1.64. The second-order valence-corrected chi connectivity index (χ2v) is 10.2. The van der Waals surface area contributed by atoms with Crippen molar-refractivity contribution < 1.29 is 33.3 Å².